The monoisotopic (exact) mass is 633 g/mol. The third-order valence-corrected chi connectivity index (χ3v) is 9.08. The van der Waals surface area contributed by atoms with Crippen LogP contribution in [0.15, 0.2) is 114 Å². The Balaban J connectivity index is 1.81. The van der Waals surface area contributed by atoms with Crippen molar-refractivity contribution in [3.8, 4) is 5.75 Å². The van der Waals surface area contributed by atoms with Gasteiger partial charge >= 0.3 is 0 Å². The van der Waals surface area contributed by atoms with Gasteiger partial charge in [0, 0.05) is 24.5 Å². The SMILES string of the molecule is CCCNC(=O)C(Cc1ccccc1)N(Cc1ccc(Cl)cc1)C(=O)CN(c1ccccc1OC)S(=O)(=O)c1ccccc1. The van der Waals surface area contributed by atoms with Crippen LogP contribution in [0.2, 0.25) is 5.02 Å². The molecule has 1 unspecified atom stereocenters. The van der Waals surface area contributed by atoms with E-state index in [-0.39, 0.29) is 35.2 Å². The van der Waals surface area contributed by atoms with Gasteiger partial charge in [-0.1, -0.05) is 91.3 Å². The van der Waals surface area contributed by atoms with Crippen molar-refractivity contribution in [1.82, 2.24) is 10.2 Å². The second-order valence-electron chi connectivity index (χ2n) is 10.1. The van der Waals surface area contributed by atoms with E-state index in [1.807, 2.05) is 37.3 Å². The van der Waals surface area contributed by atoms with Gasteiger partial charge in [-0.3, -0.25) is 13.9 Å². The summed E-state index contributed by atoms with van der Waals surface area (Å²) in [5, 5.41) is 3.47. The van der Waals surface area contributed by atoms with Crippen LogP contribution in [0.5, 0.6) is 5.75 Å². The predicted molar refractivity (Wildman–Crippen MR) is 173 cm³/mol. The molecule has 4 aromatic carbocycles. The third kappa shape index (κ3) is 8.18. The van der Waals surface area contributed by atoms with Crippen molar-refractivity contribution < 1.29 is 22.7 Å². The van der Waals surface area contributed by atoms with Crippen LogP contribution in [-0.2, 0) is 32.6 Å². The molecule has 0 radical (unpaired) electrons. The van der Waals surface area contributed by atoms with Crippen LogP contribution in [0, 0.1) is 0 Å². The molecule has 8 nitrogen and oxygen atoms in total. The molecule has 2 amide bonds. The van der Waals surface area contributed by atoms with Crippen LogP contribution in [0.1, 0.15) is 24.5 Å². The highest BCUT2D eigenvalue weighted by Gasteiger charge is 2.35. The highest BCUT2D eigenvalue weighted by Crippen LogP contribution is 2.32. The number of para-hydroxylation sites is 2. The molecule has 1 atom stereocenters. The number of benzene rings is 4. The maximum atomic E-state index is 14.5. The molecule has 44 heavy (non-hydrogen) atoms. The molecule has 0 aromatic heterocycles. The summed E-state index contributed by atoms with van der Waals surface area (Å²) >= 11 is 6.13. The molecule has 0 spiro atoms. The molecule has 1 N–H and O–H groups in total. The van der Waals surface area contributed by atoms with Gasteiger partial charge in [-0.15, -0.1) is 0 Å². The quantitative estimate of drug-likeness (QED) is 0.192. The largest absolute Gasteiger partial charge is 0.495 e. The van der Waals surface area contributed by atoms with E-state index in [4.69, 9.17) is 16.3 Å². The second-order valence-corrected chi connectivity index (χ2v) is 12.4. The van der Waals surface area contributed by atoms with Crippen LogP contribution in [0.25, 0.3) is 0 Å². The number of carbonyl (C=O) groups excluding carboxylic acids is 2. The van der Waals surface area contributed by atoms with E-state index in [1.54, 1.807) is 66.7 Å². The summed E-state index contributed by atoms with van der Waals surface area (Å²) in [7, 11) is -2.79. The minimum Gasteiger partial charge on any atom is -0.495 e. The fourth-order valence-corrected chi connectivity index (χ4v) is 6.35. The van der Waals surface area contributed by atoms with Gasteiger partial charge in [0.2, 0.25) is 11.8 Å². The summed E-state index contributed by atoms with van der Waals surface area (Å²) < 4.78 is 34.7. The number of hydrogen-bond donors (Lipinski definition) is 1. The van der Waals surface area contributed by atoms with Crippen LogP contribution >= 0.6 is 11.6 Å². The lowest BCUT2D eigenvalue weighted by molar-refractivity contribution is -0.140. The Morgan fingerprint density at radius 3 is 2.09 bits per heavy atom. The molecule has 10 heteroatoms. The Labute approximate surface area is 264 Å². The zero-order valence-electron chi connectivity index (χ0n) is 24.7. The molecule has 4 aromatic rings. The number of hydrogen-bond acceptors (Lipinski definition) is 5. The molecule has 4 rings (SSSR count). The first kappa shape index (κ1) is 32.6. The van der Waals surface area contributed by atoms with E-state index in [2.05, 4.69) is 5.32 Å². The van der Waals surface area contributed by atoms with Gasteiger partial charge in [-0.2, -0.15) is 0 Å². The number of amides is 2. The van der Waals surface area contributed by atoms with Crippen molar-refractivity contribution >= 4 is 39.1 Å². The molecule has 230 valence electrons. The van der Waals surface area contributed by atoms with Crippen molar-refractivity contribution in [3.63, 3.8) is 0 Å². The van der Waals surface area contributed by atoms with Gasteiger partial charge in [0.05, 0.1) is 17.7 Å². The minimum atomic E-state index is -4.22. The van der Waals surface area contributed by atoms with Crippen molar-refractivity contribution in [2.75, 3.05) is 24.5 Å². The maximum Gasteiger partial charge on any atom is 0.264 e. The topological polar surface area (TPSA) is 96.0 Å². The van der Waals surface area contributed by atoms with Crippen molar-refractivity contribution in [1.29, 1.82) is 0 Å². The lowest BCUT2D eigenvalue weighted by atomic mass is 10.0. The number of halogens is 1. The van der Waals surface area contributed by atoms with E-state index in [0.717, 1.165) is 15.4 Å². The highest BCUT2D eigenvalue weighted by atomic mass is 35.5. The Bertz CT molecular complexity index is 1630. The smallest absolute Gasteiger partial charge is 0.264 e. The number of nitrogens with zero attached hydrogens (tertiary/aromatic N) is 2. The number of nitrogens with one attached hydrogen (secondary N) is 1. The second kappa shape index (κ2) is 15.4. The molecule has 0 aliphatic heterocycles. The van der Waals surface area contributed by atoms with Gasteiger partial charge in [0.15, 0.2) is 0 Å². The van der Waals surface area contributed by atoms with Crippen LogP contribution in [-0.4, -0.2) is 51.4 Å². The number of sulfonamides is 1. The van der Waals surface area contributed by atoms with E-state index in [9.17, 15) is 18.0 Å². The van der Waals surface area contributed by atoms with Gasteiger partial charge in [-0.05, 0) is 53.9 Å². The molecule has 0 fully saturated rings. The Kier molecular flexibility index (Phi) is 11.4. The van der Waals surface area contributed by atoms with Crippen molar-refractivity contribution in [2.45, 2.75) is 37.2 Å². The van der Waals surface area contributed by atoms with Gasteiger partial charge in [0.1, 0.15) is 18.3 Å². The maximum absolute atomic E-state index is 14.5. The van der Waals surface area contributed by atoms with Crippen molar-refractivity contribution in [3.05, 3.63) is 125 Å². The first-order valence-electron chi connectivity index (χ1n) is 14.3. The van der Waals surface area contributed by atoms with E-state index < -0.39 is 28.5 Å². The van der Waals surface area contributed by atoms with E-state index >= 15 is 0 Å². The highest BCUT2D eigenvalue weighted by molar-refractivity contribution is 7.92. The molecular weight excluding hydrogens is 598 g/mol. The molecule has 0 bridgehead atoms. The lowest BCUT2D eigenvalue weighted by Crippen LogP contribution is -2.53. The van der Waals surface area contributed by atoms with Crippen molar-refractivity contribution in [2.24, 2.45) is 0 Å². The standard InChI is InChI=1S/C34H36ClN3O5S/c1-3-22-36-34(40)31(23-26-12-6-4-7-13-26)37(24-27-18-20-28(35)21-19-27)33(39)25-38(30-16-10-11-17-32(30)43-2)44(41,42)29-14-8-5-9-15-29/h4-21,31H,3,22-25H2,1-2H3,(H,36,40). The molecule has 0 saturated carbocycles. The molecule has 0 aliphatic carbocycles. The lowest BCUT2D eigenvalue weighted by Gasteiger charge is -2.34. The first-order valence-corrected chi connectivity index (χ1v) is 16.1. The summed E-state index contributed by atoms with van der Waals surface area (Å²) in [5.41, 5.74) is 1.80. The van der Waals surface area contributed by atoms with Gasteiger partial charge < -0.3 is 15.0 Å². The number of ether oxygens (including phenoxy) is 1. The summed E-state index contributed by atoms with van der Waals surface area (Å²) in [6, 6.07) is 30.0. The van der Waals surface area contributed by atoms with E-state index in [0.29, 0.717) is 18.0 Å². The molecule has 0 heterocycles. The summed E-state index contributed by atoms with van der Waals surface area (Å²) in [4.78, 5) is 29.6. The fourth-order valence-electron chi connectivity index (χ4n) is 4.78. The summed E-state index contributed by atoms with van der Waals surface area (Å²) in [6.07, 6.45) is 0.946. The third-order valence-electron chi connectivity index (χ3n) is 7.05. The number of methoxy groups -OCH3 is 1. The Hall–Kier alpha value is -4.34. The van der Waals surface area contributed by atoms with E-state index in [1.165, 1.54) is 24.1 Å². The Morgan fingerprint density at radius 2 is 1.45 bits per heavy atom. The number of anilines is 1. The fraction of sp³-hybridized carbons (Fsp3) is 0.235. The van der Waals surface area contributed by atoms with Crippen LogP contribution in [0.4, 0.5) is 5.69 Å². The average Bonchev–Trinajstić information content (AvgIpc) is 3.05. The molecule has 0 saturated heterocycles. The molecular formula is C34H36ClN3O5S. The summed E-state index contributed by atoms with van der Waals surface area (Å²) in [5.74, 6) is -0.601. The van der Waals surface area contributed by atoms with Crippen LogP contribution < -0.4 is 14.4 Å². The zero-order valence-corrected chi connectivity index (χ0v) is 26.3. The average molecular weight is 634 g/mol. The molecule has 0 aliphatic rings. The first-order chi connectivity index (χ1) is 21.2. The Morgan fingerprint density at radius 1 is 0.841 bits per heavy atom. The normalized spacial score (nSPS) is 11.8. The van der Waals surface area contributed by atoms with Gasteiger partial charge in [-0.25, -0.2) is 8.42 Å². The summed E-state index contributed by atoms with van der Waals surface area (Å²) in [6.45, 7) is 1.86. The zero-order chi connectivity index (χ0) is 31.5. The number of carbonyl (C=O) groups is 2. The predicted octanol–water partition coefficient (Wildman–Crippen LogP) is 5.71. The van der Waals surface area contributed by atoms with Gasteiger partial charge in [0.25, 0.3) is 10.0 Å². The van der Waals surface area contributed by atoms with Crippen LogP contribution in [0.3, 0.4) is 0 Å². The minimum absolute atomic E-state index is 0.0180. The number of rotatable bonds is 14.